The van der Waals surface area contributed by atoms with Crippen molar-refractivity contribution in [1.29, 1.82) is 0 Å². The molecule has 0 atom stereocenters. The third-order valence-electron chi connectivity index (χ3n) is 5.16. The van der Waals surface area contributed by atoms with E-state index in [1.807, 2.05) is 6.92 Å². The van der Waals surface area contributed by atoms with Crippen LogP contribution in [0.25, 0.3) is 5.65 Å². The number of imidazole rings is 1. The van der Waals surface area contributed by atoms with Crippen LogP contribution < -0.4 is 10.6 Å². The Labute approximate surface area is 170 Å². The van der Waals surface area contributed by atoms with Crippen molar-refractivity contribution < 1.29 is 22.8 Å². The Morgan fingerprint density at radius 2 is 1.73 bits per heavy atom. The number of aromatic nitrogens is 2. The minimum absolute atomic E-state index is 0.0278. The Hall–Kier alpha value is -3.36. The van der Waals surface area contributed by atoms with Crippen molar-refractivity contribution in [3.05, 3.63) is 64.7 Å². The molecule has 0 bridgehead atoms. The number of hydrogen-bond acceptors (Lipinski definition) is 3. The second-order valence-electron chi connectivity index (χ2n) is 7.40. The van der Waals surface area contributed by atoms with Gasteiger partial charge in [0.2, 0.25) is 0 Å². The highest BCUT2D eigenvalue weighted by atomic mass is 19.2. The van der Waals surface area contributed by atoms with Gasteiger partial charge in [0, 0.05) is 18.3 Å². The van der Waals surface area contributed by atoms with Crippen LogP contribution in [0.5, 0.6) is 0 Å². The number of benzene rings is 1. The van der Waals surface area contributed by atoms with E-state index in [1.165, 1.54) is 4.40 Å². The summed E-state index contributed by atoms with van der Waals surface area (Å²) in [6.07, 6.45) is 5.47. The number of fused-ring (bicyclic) bond motifs is 1. The molecule has 9 heteroatoms. The zero-order chi connectivity index (χ0) is 21.4. The second-order valence-corrected chi connectivity index (χ2v) is 7.40. The van der Waals surface area contributed by atoms with Gasteiger partial charge in [-0.05, 0) is 37.5 Å². The van der Waals surface area contributed by atoms with Crippen LogP contribution in [0.1, 0.15) is 52.1 Å². The quantitative estimate of drug-likeness (QED) is 0.632. The van der Waals surface area contributed by atoms with E-state index in [-0.39, 0.29) is 17.6 Å². The molecule has 3 aromatic rings. The van der Waals surface area contributed by atoms with E-state index in [1.54, 1.807) is 18.3 Å². The molecule has 2 aromatic heterocycles. The Kier molecular flexibility index (Phi) is 5.19. The number of aryl methyl sites for hydroxylation is 1. The van der Waals surface area contributed by atoms with E-state index in [9.17, 15) is 22.8 Å². The van der Waals surface area contributed by atoms with Crippen molar-refractivity contribution in [2.75, 3.05) is 5.32 Å². The van der Waals surface area contributed by atoms with Crippen molar-refractivity contribution >= 4 is 23.3 Å². The average Bonchev–Trinajstić information content (AvgIpc) is 3.31. The molecule has 2 N–H and O–H groups in total. The molecule has 1 saturated carbocycles. The van der Waals surface area contributed by atoms with Crippen LogP contribution in [-0.4, -0.2) is 27.2 Å². The molecule has 0 aliphatic heterocycles. The number of rotatable bonds is 4. The van der Waals surface area contributed by atoms with Crippen LogP contribution in [0.2, 0.25) is 0 Å². The SMILES string of the molecule is Cc1ccc2nc(NC(=O)c3cc(F)c(F)cc3F)c(C(=O)NC3CCCC3)n2c1. The summed E-state index contributed by atoms with van der Waals surface area (Å²) in [6, 6.07) is 4.26. The molecule has 1 aliphatic carbocycles. The maximum Gasteiger partial charge on any atom is 0.272 e. The first-order valence-electron chi connectivity index (χ1n) is 9.59. The number of nitrogens with zero attached hydrogens (tertiary/aromatic N) is 2. The lowest BCUT2D eigenvalue weighted by atomic mass is 10.2. The van der Waals surface area contributed by atoms with Crippen molar-refractivity contribution in [3.8, 4) is 0 Å². The molecule has 1 aromatic carbocycles. The number of carbonyl (C=O) groups is 2. The highest BCUT2D eigenvalue weighted by Crippen LogP contribution is 2.23. The van der Waals surface area contributed by atoms with Gasteiger partial charge >= 0.3 is 0 Å². The summed E-state index contributed by atoms with van der Waals surface area (Å²) >= 11 is 0. The first-order chi connectivity index (χ1) is 14.3. The van der Waals surface area contributed by atoms with Gasteiger partial charge in [0.1, 0.15) is 11.5 Å². The number of hydrogen-bond donors (Lipinski definition) is 2. The molecular formula is C21H19F3N4O2. The highest BCUT2D eigenvalue weighted by Gasteiger charge is 2.26. The second kappa shape index (κ2) is 7.81. The molecular weight excluding hydrogens is 397 g/mol. The maximum atomic E-state index is 14.0. The van der Waals surface area contributed by atoms with Crippen LogP contribution in [0.3, 0.4) is 0 Å². The highest BCUT2D eigenvalue weighted by molar-refractivity contribution is 6.08. The molecule has 0 unspecified atom stereocenters. The van der Waals surface area contributed by atoms with Crippen LogP contribution in [-0.2, 0) is 0 Å². The summed E-state index contributed by atoms with van der Waals surface area (Å²) < 4.78 is 42.2. The molecule has 0 spiro atoms. The third kappa shape index (κ3) is 3.74. The predicted octanol–water partition coefficient (Wildman–Crippen LogP) is 3.98. The molecule has 4 rings (SSSR count). The van der Waals surface area contributed by atoms with Gasteiger partial charge in [0.15, 0.2) is 23.1 Å². The maximum absolute atomic E-state index is 14.0. The largest absolute Gasteiger partial charge is 0.348 e. The number of pyridine rings is 1. The molecule has 30 heavy (non-hydrogen) atoms. The van der Waals surface area contributed by atoms with Crippen molar-refractivity contribution in [2.24, 2.45) is 0 Å². The molecule has 2 heterocycles. The molecule has 0 saturated heterocycles. The Bertz CT molecular complexity index is 1150. The predicted molar refractivity (Wildman–Crippen MR) is 104 cm³/mol. The molecule has 1 aliphatic rings. The smallest absolute Gasteiger partial charge is 0.272 e. The monoisotopic (exact) mass is 416 g/mol. The van der Waals surface area contributed by atoms with E-state index in [4.69, 9.17) is 0 Å². The van der Waals surface area contributed by atoms with Gasteiger partial charge in [-0.15, -0.1) is 0 Å². The van der Waals surface area contributed by atoms with Crippen molar-refractivity contribution in [2.45, 2.75) is 38.6 Å². The van der Waals surface area contributed by atoms with Crippen LogP contribution >= 0.6 is 0 Å². The van der Waals surface area contributed by atoms with Crippen LogP contribution in [0.4, 0.5) is 19.0 Å². The van der Waals surface area contributed by atoms with Crippen LogP contribution in [0, 0.1) is 24.4 Å². The van der Waals surface area contributed by atoms with Gasteiger partial charge in [-0.3, -0.25) is 14.0 Å². The summed E-state index contributed by atoms with van der Waals surface area (Å²) in [5.41, 5.74) is 0.652. The number of anilines is 1. The lowest BCUT2D eigenvalue weighted by Gasteiger charge is -2.13. The average molecular weight is 416 g/mol. The lowest BCUT2D eigenvalue weighted by molar-refractivity contribution is 0.0933. The van der Waals surface area contributed by atoms with E-state index >= 15 is 0 Å². The lowest BCUT2D eigenvalue weighted by Crippen LogP contribution is -2.34. The fraction of sp³-hybridized carbons (Fsp3) is 0.286. The van der Waals surface area contributed by atoms with E-state index in [0.29, 0.717) is 17.8 Å². The fourth-order valence-electron chi connectivity index (χ4n) is 3.65. The summed E-state index contributed by atoms with van der Waals surface area (Å²) in [5, 5.41) is 5.31. The first-order valence-corrected chi connectivity index (χ1v) is 9.59. The zero-order valence-corrected chi connectivity index (χ0v) is 16.1. The number of carbonyl (C=O) groups excluding carboxylic acids is 2. The van der Waals surface area contributed by atoms with E-state index in [0.717, 1.165) is 31.2 Å². The molecule has 2 amide bonds. The summed E-state index contributed by atoms with van der Waals surface area (Å²) in [4.78, 5) is 29.8. The first kappa shape index (κ1) is 19.9. The number of amides is 2. The van der Waals surface area contributed by atoms with Crippen molar-refractivity contribution in [3.63, 3.8) is 0 Å². The standard InChI is InChI=1S/C21H19F3N4O2/c1-11-6-7-17-26-19(27-20(29)13-8-15(23)16(24)9-14(13)22)18(28(17)10-11)21(30)25-12-4-2-3-5-12/h6-10,12H,2-5H2,1H3,(H,25,30)(H,27,29). The summed E-state index contributed by atoms with van der Waals surface area (Å²) in [5.74, 6) is -5.54. The minimum Gasteiger partial charge on any atom is -0.348 e. The van der Waals surface area contributed by atoms with Gasteiger partial charge in [-0.2, -0.15) is 0 Å². The Morgan fingerprint density at radius 1 is 1.03 bits per heavy atom. The van der Waals surface area contributed by atoms with Gasteiger partial charge in [-0.1, -0.05) is 18.9 Å². The third-order valence-corrected chi connectivity index (χ3v) is 5.16. The summed E-state index contributed by atoms with van der Waals surface area (Å²) in [6.45, 7) is 1.84. The van der Waals surface area contributed by atoms with Gasteiger partial charge < -0.3 is 10.6 Å². The Balaban J connectivity index is 1.72. The van der Waals surface area contributed by atoms with Gasteiger partial charge in [0.25, 0.3) is 11.8 Å². The van der Waals surface area contributed by atoms with Crippen molar-refractivity contribution in [1.82, 2.24) is 14.7 Å². The fourth-order valence-corrected chi connectivity index (χ4v) is 3.65. The van der Waals surface area contributed by atoms with E-state index in [2.05, 4.69) is 15.6 Å². The molecule has 156 valence electrons. The minimum atomic E-state index is -1.40. The molecule has 0 radical (unpaired) electrons. The molecule has 6 nitrogen and oxygen atoms in total. The zero-order valence-electron chi connectivity index (χ0n) is 16.1. The normalized spacial score (nSPS) is 14.3. The van der Waals surface area contributed by atoms with E-state index < -0.39 is 34.8 Å². The topological polar surface area (TPSA) is 75.5 Å². The number of halogens is 3. The van der Waals surface area contributed by atoms with Gasteiger partial charge in [0.05, 0.1) is 5.56 Å². The molecule has 1 fully saturated rings. The van der Waals surface area contributed by atoms with Crippen LogP contribution in [0.15, 0.2) is 30.5 Å². The van der Waals surface area contributed by atoms with Gasteiger partial charge in [-0.25, -0.2) is 18.2 Å². The summed E-state index contributed by atoms with van der Waals surface area (Å²) in [7, 11) is 0. The number of nitrogens with one attached hydrogen (secondary N) is 2. The Morgan fingerprint density at radius 3 is 2.47 bits per heavy atom.